The molecule has 0 N–H and O–H groups in total. The number of piperazine rings is 1. The highest BCUT2D eigenvalue weighted by molar-refractivity contribution is 9.10. The molecule has 6 nitrogen and oxygen atoms in total. The molecule has 1 amide bonds. The molecule has 1 aromatic carbocycles. The first kappa shape index (κ1) is 17.3. The van der Waals surface area contributed by atoms with E-state index < -0.39 is 0 Å². The standard InChI is InChI=1S/C19H22BrN5O/c20-16-6-2-1-5-15(16)19(26)25-11-9-24(10-12-25)18-13-17(21-14-22-18)23-7-3-4-8-23/h1-2,5-6,13-14H,3-4,7-12H2. The number of amides is 1. The maximum absolute atomic E-state index is 12.7. The van der Waals surface area contributed by atoms with Gasteiger partial charge in [-0.15, -0.1) is 0 Å². The summed E-state index contributed by atoms with van der Waals surface area (Å²) in [6.45, 7) is 5.11. The number of nitrogens with zero attached hydrogens (tertiary/aromatic N) is 5. The molecule has 0 radical (unpaired) electrons. The third-order valence-corrected chi connectivity index (χ3v) is 5.75. The second-order valence-electron chi connectivity index (χ2n) is 6.69. The molecule has 136 valence electrons. The quantitative estimate of drug-likeness (QED) is 0.771. The van der Waals surface area contributed by atoms with Gasteiger partial charge in [0.25, 0.3) is 5.91 Å². The van der Waals surface area contributed by atoms with Gasteiger partial charge < -0.3 is 14.7 Å². The zero-order valence-electron chi connectivity index (χ0n) is 14.6. The van der Waals surface area contributed by atoms with Crippen molar-refractivity contribution in [3.8, 4) is 0 Å². The van der Waals surface area contributed by atoms with Crippen LogP contribution in [0.1, 0.15) is 23.2 Å². The fourth-order valence-electron chi connectivity index (χ4n) is 3.57. The zero-order chi connectivity index (χ0) is 17.9. The number of carbonyl (C=O) groups is 1. The van der Waals surface area contributed by atoms with Crippen LogP contribution in [0.15, 0.2) is 41.1 Å². The van der Waals surface area contributed by atoms with E-state index in [-0.39, 0.29) is 5.91 Å². The van der Waals surface area contributed by atoms with E-state index in [2.05, 4.69) is 41.8 Å². The molecule has 4 rings (SSSR count). The Labute approximate surface area is 162 Å². The minimum atomic E-state index is 0.0811. The van der Waals surface area contributed by atoms with Gasteiger partial charge in [-0.2, -0.15) is 0 Å². The second-order valence-corrected chi connectivity index (χ2v) is 7.54. The third kappa shape index (κ3) is 3.53. The molecule has 7 heteroatoms. The van der Waals surface area contributed by atoms with E-state index in [1.165, 1.54) is 12.8 Å². The van der Waals surface area contributed by atoms with Crippen molar-refractivity contribution >= 4 is 33.5 Å². The van der Waals surface area contributed by atoms with Gasteiger partial charge in [0, 0.05) is 49.8 Å². The zero-order valence-corrected chi connectivity index (χ0v) is 16.2. The van der Waals surface area contributed by atoms with E-state index in [9.17, 15) is 4.79 Å². The number of anilines is 2. The molecule has 0 spiro atoms. The minimum absolute atomic E-state index is 0.0811. The Morgan fingerprint density at radius 3 is 2.15 bits per heavy atom. The van der Waals surface area contributed by atoms with Crippen LogP contribution in [0.25, 0.3) is 0 Å². The fourth-order valence-corrected chi connectivity index (χ4v) is 4.03. The molecule has 3 heterocycles. The maximum atomic E-state index is 12.7. The number of benzene rings is 1. The molecule has 2 aliphatic heterocycles. The van der Waals surface area contributed by atoms with Crippen molar-refractivity contribution in [3.63, 3.8) is 0 Å². The van der Waals surface area contributed by atoms with Crippen molar-refractivity contribution in [1.82, 2.24) is 14.9 Å². The van der Waals surface area contributed by atoms with E-state index >= 15 is 0 Å². The van der Waals surface area contributed by atoms with E-state index in [0.717, 1.165) is 47.9 Å². The molecule has 0 aliphatic carbocycles. The smallest absolute Gasteiger partial charge is 0.255 e. The summed E-state index contributed by atoms with van der Waals surface area (Å²) in [5.74, 6) is 2.05. The minimum Gasteiger partial charge on any atom is -0.356 e. The first-order valence-corrected chi connectivity index (χ1v) is 9.87. The lowest BCUT2D eigenvalue weighted by atomic mass is 10.2. The maximum Gasteiger partial charge on any atom is 0.255 e. The molecule has 2 fully saturated rings. The summed E-state index contributed by atoms with van der Waals surface area (Å²) in [6.07, 6.45) is 4.12. The first-order valence-electron chi connectivity index (χ1n) is 9.08. The van der Waals surface area contributed by atoms with Crippen molar-refractivity contribution in [2.75, 3.05) is 49.1 Å². The molecule has 0 saturated carbocycles. The van der Waals surface area contributed by atoms with Crippen LogP contribution in [-0.2, 0) is 0 Å². The number of hydrogen-bond acceptors (Lipinski definition) is 5. The lowest BCUT2D eigenvalue weighted by Gasteiger charge is -2.35. The molecule has 26 heavy (non-hydrogen) atoms. The van der Waals surface area contributed by atoms with Crippen molar-refractivity contribution in [3.05, 3.63) is 46.7 Å². The lowest BCUT2D eigenvalue weighted by Crippen LogP contribution is -2.49. The van der Waals surface area contributed by atoms with Crippen LogP contribution < -0.4 is 9.80 Å². The van der Waals surface area contributed by atoms with Gasteiger partial charge in [-0.1, -0.05) is 12.1 Å². The van der Waals surface area contributed by atoms with Crippen LogP contribution in [0.4, 0.5) is 11.6 Å². The van der Waals surface area contributed by atoms with Gasteiger partial charge in [0.2, 0.25) is 0 Å². The van der Waals surface area contributed by atoms with E-state index in [4.69, 9.17) is 0 Å². The Hall–Kier alpha value is -2.15. The Kier molecular flexibility index (Phi) is 5.06. The van der Waals surface area contributed by atoms with Crippen LogP contribution in [0.3, 0.4) is 0 Å². The monoisotopic (exact) mass is 415 g/mol. The molecule has 1 aromatic heterocycles. The summed E-state index contributed by atoms with van der Waals surface area (Å²) >= 11 is 3.47. The molecule has 2 aliphatic rings. The summed E-state index contributed by atoms with van der Waals surface area (Å²) in [5, 5.41) is 0. The van der Waals surface area contributed by atoms with Gasteiger partial charge in [-0.05, 0) is 40.9 Å². The molecule has 0 atom stereocenters. The summed E-state index contributed by atoms with van der Waals surface area (Å²) < 4.78 is 0.846. The Morgan fingerprint density at radius 2 is 1.50 bits per heavy atom. The van der Waals surface area contributed by atoms with Gasteiger partial charge in [-0.3, -0.25) is 4.79 Å². The van der Waals surface area contributed by atoms with Crippen LogP contribution in [0.5, 0.6) is 0 Å². The molecule has 0 unspecified atom stereocenters. The largest absolute Gasteiger partial charge is 0.356 e. The summed E-state index contributed by atoms with van der Waals surface area (Å²) in [7, 11) is 0. The van der Waals surface area contributed by atoms with E-state index in [1.54, 1.807) is 6.33 Å². The number of aromatic nitrogens is 2. The topological polar surface area (TPSA) is 52.6 Å². The first-order chi connectivity index (χ1) is 12.7. The van der Waals surface area contributed by atoms with E-state index in [1.807, 2.05) is 29.2 Å². The van der Waals surface area contributed by atoms with Crippen molar-refractivity contribution in [2.45, 2.75) is 12.8 Å². The average Bonchev–Trinajstić information content (AvgIpc) is 3.23. The second kappa shape index (κ2) is 7.61. The predicted octanol–water partition coefficient (Wildman–Crippen LogP) is 2.80. The number of carbonyl (C=O) groups excluding carboxylic acids is 1. The SMILES string of the molecule is O=C(c1ccccc1Br)N1CCN(c2cc(N3CCCC3)ncn2)CC1. The number of halogens is 1. The third-order valence-electron chi connectivity index (χ3n) is 5.06. The molecule has 2 aromatic rings. The molecular weight excluding hydrogens is 394 g/mol. The molecule has 0 bridgehead atoms. The number of hydrogen-bond donors (Lipinski definition) is 0. The highest BCUT2D eigenvalue weighted by Crippen LogP contribution is 2.23. The average molecular weight is 416 g/mol. The van der Waals surface area contributed by atoms with Gasteiger partial charge in [0.1, 0.15) is 18.0 Å². The number of rotatable bonds is 3. The van der Waals surface area contributed by atoms with Crippen LogP contribution in [0.2, 0.25) is 0 Å². The Morgan fingerprint density at radius 1 is 0.885 bits per heavy atom. The van der Waals surface area contributed by atoms with E-state index in [0.29, 0.717) is 13.1 Å². The summed E-state index contributed by atoms with van der Waals surface area (Å²) in [6, 6.07) is 9.67. The Balaban J connectivity index is 1.41. The van der Waals surface area contributed by atoms with Crippen LogP contribution in [0, 0.1) is 0 Å². The van der Waals surface area contributed by atoms with Crippen LogP contribution >= 0.6 is 15.9 Å². The highest BCUT2D eigenvalue weighted by Gasteiger charge is 2.24. The van der Waals surface area contributed by atoms with Gasteiger partial charge >= 0.3 is 0 Å². The van der Waals surface area contributed by atoms with Gasteiger partial charge in [-0.25, -0.2) is 9.97 Å². The predicted molar refractivity (Wildman–Crippen MR) is 106 cm³/mol. The molecular formula is C19H22BrN5O. The van der Waals surface area contributed by atoms with Crippen molar-refractivity contribution in [1.29, 1.82) is 0 Å². The van der Waals surface area contributed by atoms with Crippen molar-refractivity contribution in [2.24, 2.45) is 0 Å². The van der Waals surface area contributed by atoms with Gasteiger partial charge in [0.15, 0.2) is 0 Å². The normalized spacial score (nSPS) is 17.7. The van der Waals surface area contributed by atoms with Gasteiger partial charge in [0.05, 0.1) is 5.56 Å². The summed E-state index contributed by atoms with van der Waals surface area (Å²) in [4.78, 5) is 28.1. The molecule has 2 saturated heterocycles. The Bertz CT molecular complexity index is 785. The van der Waals surface area contributed by atoms with Crippen LogP contribution in [-0.4, -0.2) is 60.0 Å². The summed E-state index contributed by atoms with van der Waals surface area (Å²) in [5.41, 5.74) is 0.722. The van der Waals surface area contributed by atoms with Crippen molar-refractivity contribution < 1.29 is 4.79 Å². The highest BCUT2D eigenvalue weighted by atomic mass is 79.9. The lowest BCUT2D eigenvalue weighted by molar-refractivity contribution is 0.0745. The fraction of sp³-hybridized carbons (Fsp3) is 0.421.